The van der Waals surface area contributed by atoms with Gasteiger partial charge in [-0.3, -0.25) is 9.59 Å². The third-order valence-corrected chi connectivity index (χ3v) is 6.91. The molecule has 2 heterocycles. The second-order valence-corrected chi connectivity index (χ2v) is 9.51. The van der Waals surface area contributed by atoms with Crippen molar-refractivity contribution >= 4 is 11.8 Å². The molecular formula is C28H34N2O2. The van der Waals surface area contributed by atoms with E-state index in [2.05, 4.69) is 58.0 Å². The predicted octanol–water partition coefficient (Wildman–Crippen LogP) is 5.07. The Morgan fingerprint density at radius 1 is 1.06 bits per heavy atom. The van der Waals surface area contributed by atoms with E-state index in [1.165, 1.54) is 22.3 Å². The fourth-order valence-corrected chi connectivity index (χ4v) is 5.40. The van der Waals surface area contributed by atoms with Crippen molar-refractivity contribution in [1.82, 2.24) is 9.80 Å². The van der Waals surface area contributed by atoms with Gasteiger partial charge in [0, 0.05) is 25.6 Å². The fourth-order valence-electron chi connectivity index (χ4n) is 5.40. The first-order valence-electron chi connectivity index (χ1n) is 11.7. The first kappa shape index (κ1) is 22.3. The van der Waals surface area contributed by atoms with Crippen molar-refractivity contribution in [2.24, 2.45) is 0 Å². The number of rotatable bonds is 5. The Balaban J connectivity index is 1.54. The Hall–Kier alpha value is -2.88. The van der Waals surface area contributed by atoms with Crippen LogP contribution in [-0.2, 0) is 16.0 Å². The van der Waals surface area contributed by atoms with Gasteiger partial charge in [-0.05, 0) is 63.6 Å². The van der Waals surface area contributed by atoms with E-state index in [4.69, 9.17) is 0 Å². The number of carbonyl (C=O) groups is 2. The first-order valence-corrected chi connectivity index (χ1v) is 11.7. The summed E-state index contributed by atoms with van der Waals surface area (Å²) in [5, 5.41) is 0. The second kappa shape index (κ2) is 9.32. The molecule has 4 heteroatoms. The molecular weight excluding hydrogens is 396 g/mol. The van der Waals surface area contributed by atoms with E-state index >= 15 is 0 Å². The maximum Gasteiger partial charge on any atom is 0.247 e. The Labute approximate surface area is 191 Å². The molecule has 2 aliphatic rings. The van der Waals surface area contributed by atoms with Crippen molar-refractivity contribution in [1.29, 1.82) is 0 Å². The van der Waals surface area contributed by atoms with Gasteiger partial charge in [-0.15, -0.1) is 0 Å². The summed E-state index contributed by atoms with van der Waals surface area (Å²) in [5.74, 6) is 0.288. The van der Waals surface area contributed by atoms with Crippen LogP contribution < -0.4 is 0 Å². The molecule has 0 bridgehead atoms. The standard InChI is InChI=1S/C28H34N2O2/c1-19(9-10-23-16-20(2)15-21(3)17-23)18-27(32)30-14-13-29-25(11-12-26(29)31)28(30)24-8-6-5-7-22(24)4/h5-8,15-18,25,28H,9-14H2,1-4H3. The number of piperazine rings is 1. The number of hydrogen-bond donors (Lipinski definition) is 0. The first-order chi connectivity index (χ1) is 15.3. The number of hydrogen-bond acceptors (Lipinski definition) is 2. The van der Waals surface area contributed by atoms with Crippen LogP contribution in [-0.4, -0.2) is 40.7 Å². The van der Waals surface area contributed by atoms with Gasteiger partial charge in [0.1, 0.15) is 0 Å². The molecule has 0 aromatic heterocycles. The van der Waals surface area contributed by atoms with Gasteiger partial charge in [0.25, 0.3) is 0 Å². The zero-order chi connectivity index (χ0) is 22.8. The lowest BCUT2D eigenvalue weighted by Crippen LogP contribution is -2.55. The third kappa shape index (κ3) is 4.64. The molecule has 2 amide bonds. The highest BCUT2D eigenvalue weighted by Gasteiger charge is 2.44. The summed E-state index contributed by atoms with van der Waals surface area (Å²) in [6.07, 6.45) is 5.02. The monoisotopic (exact) mass is 430 g/mol. The van der Waals surface area contributed by atoms with E-state index in [-0.39, 0.29) is 23.9 Å². The molecule has 2 unspecified atom stereocenters. The second-order valence-electron chi connectivity index (χ2n) is 9.51. The van der Waals surface area contributed by atoms with E-state index in [0.29, 0.717) is 19.5 Å². The van der Waals surface area contributed by atoms with Crippen LogP contribution in [0.2, 0.25) is 0 Å². The molecule has 2 fully saturated rings. The average molecular weight is 431 g/mol. The number of fused-ring (bicyclic) bond motifs is 1. The minimum absolute atomic E-state index is 0.0650. The van der Waals surface area contributed by atoms with Crippen LogP contribution in [0.3, 0.4) is 0 Å². The van der Waals surface area contributed by atoms with Crippen LogP contribution in [0.5, 0.6) is 0 Å². The van der Waals surface area contributed by atoms with Gasteiger partial charge >= 0.3 is 0 Å². The van der Waals surface area contributed by atoms with E-state index in [9.17, 15) is 9.59 Å². The highest BCUT2D eigenvalue weighted by molar-refractivity contribution is 5.89. The minimum Gasteiger partial charge on any atom is -0.335 e. The highest BCUT2D eigenvalue weighted by Crippen LogP contribution is 2.39. The summed E-state index contributed by atoms with van der Waals surface area (Å²) in [5.41, 5.74) is 7.31. The number of amides is 2. The molecule has 2 aliphatic heterocycles. The molecule has 0 saturated carbocycles. The van der Waals surface area contributed by atoms with E-state index in [1.54, 1.807) is 0 Å². The molecule has 4 rings (SSSR count). The molecule has 0 N–H and O–H groups in total. The quantitative estimate of drug-likeness (QED) is 0.622. The van der Waals surface area contributed by atoms with E-state index in [1.807, 2.05) is 28.0 Å². The SMILES string of the molecule is CC(=CC(=O)N1CCN2C(=O)CCC2C1c1ccccc1C)CCc1cc(C)cc(C)c1. The maximum absolute atomic E-state index is 13.4. The topological polar surface area (TPSA) is 40.6 Å². The van der Waals surface area contributed by atoms with Crippen LogP contribution in [0, 0.1) is 20.8 Å². The number of carbonyl (C=O) groups excluding carboxylic acids is 2. The normalized spacial score (nSPS) is 21.1. The molecule has 32 heavy (non-hydrogen) atoms. The summed E-state index contributed by atoms with van der Waals surface area (Å²) in [4.78, 5) is 29.8. The molecule has 2 aromatic rings. The Morgan fingerprint density at radius 2 is 1.78 bits per heavy atom. The maximum atomic E-state index is 13.4. The van der Waals surface area contributed by atoms with E-state index < -0.39 is 0 Å². The fraction of sp³-hybridized carbons (Fsp3) is 0.429. The third-order valence-electron chi connectivity index (χ3n) is 6.91. The molecule has 0 spiro atoms. The lowest BCUT2D eigenvalue weighted by molar-refractivity contribution is -0.140. The summed E-state index contributed by atoms with van der Waals surface area (Å²) < 4.78 is 0. The Morgan fingerprint density at radius 3 is 2.50 bits per heavy atom. The summed E-state index contributed by atoms with van der Waals surface area (Å²) in [6, 6.07) is 14.9. The molecule has 168 valence electrons. The van der Waals surface area contributed by atoms with Gasteiger partial charge in [0.2, 0.25) is 11.8 Å². The van der Waals surface area contributed by atoms with Crippen LogP contribution in [0.25, 0.3) is 0 Å². The van der Waals surface area contributed by atoms with Gasteiger partial charge in [-0.25, -0.2) is 0 Å². The zero-order valence-electron chi connectivity index (χ0n) is 19.7. The number of aryl methyl sites for hydroxylation is 4. The number of allylic oxidation sites excluding steroid dienone is 1. The largest absolute Gasteiger partial charge is 0.335 e. The van der Waals surface area contributed by atoms with Gasteiger partial charge in [0.05, 0.1) is 12.1 Å². The highest BCUT2D eigenvalue weighted by atomic mass is 16.2. The van der Waals surface area contributed by atoms with Crippen LogP contribution in [0.1, 0.15) is 60.0 Å². The molecule has 4 nitrogen and oxygen atoms in total. The lowest BCUT2D eigenvalue weighted by atomic mass is 9.90. The summed E-state index contributed by atoms with van der Waals surface area (Å²) in [7, 11) is 0. The minimum atomic E-state index is -0.0765. The molecule has 2 atom stereocenters. The number of benzene rings is 2. The van der Waals surface area contributed by atoms with Crippen LogP contribution in [0.4, 0.5) is 0 Å². The molecule has 2 aromatic carbocycles. The lowest BCUT2D eigenvalue weighted by Gasteiger charge is -2.45. The predicted molar refractivity (Wildman–Crippen MR) is 128 cm³/mol. The van der Waals surface area contributed by atoms with Crippen LogP contribution >= 0.6 is 0 Å². The average Bonchev–Trinajstić information content (AvgIpc) is 3.12. The van der Waals surface area contributed by atoms with Crippen molar-refractivity contribution in [3.05, 3.63) is 81.9 Å². The van der Waals surface area contributed by atoms with Crippen molar-refractivity contribution in [2.75, 3.05) is 13.1 Å². The molecule has 2 saturated heterocycles. The van der Waals surface area contributed by atoms with Gasteiger partial charge in [0.15, 0.2) is 0 Å². The zero-order valence-corrected chi connectivity index (χ0v) is 19.7. The van der Waals surface area contributed by atoms with Gasteiger partial charge < -0.3 is 9.80 Å². The van der Waals surface area contributed by atoms with Crippen molar-refractivity contribution in [3.63, 3.8) is 0 Å². The smallest absolute Gasteiger partial charge is 0.247 e. The van der Waals surface area contributed by atoms with Crippen molar-refractivity contribution in [3.8, 4) is 0 Å². The van der Waals surface area contributed by atoms with Crippen molar-refractivity contribution < 1.29 is 9.59 Å². The molecule has 0 radical (unpaired) electrons. The summed E-state index contributed by atoms with van der Waals surface area (Å²) >= 11 is 0. The van der Waals surface area contributed by atoms with Crippen molar-refractivity contribution in [2.45, 2.75) is 65.5 Å². The molecule has 0 aliphatic carbocycles. The van der Waals surface area contributed by atoms with E-state index in [0.717, 1.165) is 30.4 Å². The van der Waals surface area contributed by atoms with Gasteiger partial charge in [-0.2, -0.15) is 0 Å². The van der Waals surface area contributed by atoms with Gasteiger partial charge in [-0.1, -0.05) is 59.2 Å². The number of nitrogens with zero attached hydrogens (tertiary/aromatic N) is 2. The Bertz CT molecular complexity index is 1030. The van der Waals surface area contributed by atoms with Crippen LogP contribution in [0.15, 0.2) is 54.1 Å². The Kier molecular flexibility index (Phi) is 6.50. The summed E-state index contributed by atoms with van der Waals surface area (Å²) in [6.45, 7) is 9.62.